The van der Waals surface area contributed by atoms with E-state index < -0.39 is 23.7 Å². The molecule has 0 fully saturated rings. The van der Waals surface area contributed by atoms with Gasteiger partial charge in [-0.15, -0.1) is 0 Å². The van der Waals surface area contributed by atoms with Gasteiger partial charge in [0.15, 0.2) is 0 Å². The van der Waals surface area contributed by atoms with Crippen molar-refractivity contribution in [3.05, 3.63) is 41.8 Å². The number of hydrogen-bond donors (Lipinski definition) is 3. The Morgan fingerprint density at radius 3 is 2.70 bits per heavy atom. The molecule has 1 aromatic carbocycles. The number of carbonyl (C=O) groups excluding carboxylic acids is 1. The molecule has 1 amide bonds. The second-order valence-electron chi connectivity index (χ2n) is 4.81. The van der Waals surface area contributed by atoms with Crippen molar-refractivity contribution < 1.29 is 23.8 Å². The molecule has 0 aliphatic carbocycles. The molecule has 1 unspecified atom stereocenters. The second-order valence-corrected chi connectivity index (χ2v) is 4.81. The lowest BCUT2D eigenvalue weighted by Crippen LogP contribution is -2.41. The molecule has 0 bridgehead atoms. The lowest BCUT2D eigenvalue weighted by Gasteiger charge is -2.14. The standard InChI is InChI=1S/C15H16FN3O4/c1-23-7-6-12(15(21)22)18-14(20)11-8-17-19-13(11)9-2-4-10(16)5-3-9/h2-5,8,12H,6-7H2,1H3,(H,17,19)(H,18,20)(H,21,22). The van der Waals surface area contributed by atoms with E-state index in [1.807, 2.05) is 0 Å². The number of carboxylic acid groups (broad SMARTS) is 1. The third-order valence-electron chi connectivity index (χ3n) is 3.23. The van der Waals surface area contributed by atoms with Crippen LogP contribution in [0, 0.1) is 5.82 Å². The first-order valence-corrected chi connectivity index (χ1v) is 6.85. The molecule has 2 rings (SSSR count). The van der Waals surface area contributed by atoms with E-state index in [9.17, 15) is 14.0 Å². The van der Waals surface area contributed by atoms with Gasteiger partial charge in [-0.1, -0.05) is 0 Å². The average Bonchev–Trinajstić information content (AvgIpc) is 3.01. The fourth-order valence-corrected chi connectivity index (χ4v) is 2.02. The highest BCUT2D eigenvalue weighted by Gasteiger charge is 2.23. The van der Waals surface area contributed by atoms with Crippen LogP contribution in [0.1, 0.15) is 16.8 Å². The smallest absolute Gasteiger partial charge is 0.326 e. The van der Waals surface area contributed by atoms with Crippen LogP contribution in [-0.2, 0) is 9.53 Å². The number of ether oxygens (including phenoxy) is 1. The highest BCUT2D eigenvalue weighted by molar-refractivity contribution is 6.01. The molecule has 0 spiro atoms. The number of amides is 1. The van der Waals surface area contributed by atoms with Gasteiger partial charge in [0, 0.05) is 25.7 Å². The van der Waals surface area contributed by atoms with Gasteiger partial charge < -0.3 is 15.2 Å². The first-order valence-electron chi connectivity index (χ1n) is 6.85. The minimum absolute atomic E-state index is 0.140. The largest absolute Gasteiger partial charge is 0.480 e. The number of carbonyl (C=O) groups is 2. The molecule has 2 aromatic rings. The number of aliphatic carboxylic acids is 1. The van der Waals surface area contributed by atoms with Gasteiger partial charge in [0.25, 0.3) is 5.91 Å². The molecule has 7 nitrogen and oxygen atoms in total. The Hall–Kier alpha value is -2.74. The molecule has 0 aliphatic heterocycles. The first-order chi connectivity index (χ1) is 11.0. The van der Waals surface area contributed by atoms with E-state index in [0.29, 0.717) is 11.3 Å². The summed E-state index contributed by atoms with van der Waals surface area (Å²) in [6.07, 6.45) is 1.44. The van der Waals surface area contributed by atoms with E-state index in [4.69, 9.17) is 9.84 Å². The molecule has 0 saturated heterocycles. The van der Waals surface area contributed by atoms with Crippen LogP contribution in [0.25, 0.3) is 11.3 Å². The minimum atomic E-state index is -1.15. The lowest BCUT2D eigenvalue weighted by atomic mass is 10.1. The average molecular weight is 321 g/mol. The topological polar surface area (TPSA) is 104 Å². The van der Waals surface area contributed by atoms with E-state index in [2.05, 4.69) is 15.5 Å². The number of nitrogens with zero attached hydrogens (tertiary/aromatic N) is 1. The zero-order valence-electron chi connectivity index (χ0n) is 12.4. The summed E-state index contributed by atoms with van der Waals surface area (Å²) >= 11 is 0. The zero-order valence-corrected chi connectivity index (χ0v) is 12.4. The summed E-state index contributed by atoms with van der Waals surface area (Å²) in [5.41, 5.74) is 1.14. The van der Waals surface area contributed by atoms with Crippen LogP contribution < -0.4 is 5.32 Å². The van der Waals surface area contributed by atoms with Gasteiger partial charge in [-0.25, -0.2) is 9.18 Å². The van der Waals surface area contributed by atoms with Crippen molar-refractivity contribution in [2.24, 2.45) is 0 Å². The molecule has 23 heavy (non-hydrogen) atoms. The minimum Gasteiger partial charge on any atom is -0.480 e. The third kappa shape index (κ3) is 4.13. The summed E-state index contributed by atoms with van der Waals surface area (Å²) in [4.78, 5) is 23.5. The van der Waals surface area contributed by atoms with Crippen LogP contribution in [0.15, 0.2) is 30.5 Å². The monoisotopic (exact) mass is 321 g/mol. The summed E-state index contributed by atoms with van der Waals surface area (Å²) < 4.78 is 17.8. The normalized spacial score (nSPS) is 11.9. The molecule has 1 heterocycles. The molecule has 1 atom stereocenters. The van der Waals surface area contributed by atoms with Gasteiger partial charge in [0.1, 0.15) is 11.9 Å². The van der Waals surface area contributed by atoms with Gasteiger partial charge in [-0.2, -0.15) is 5.10 Å². The number of methoxy groups -OCH3 is 1. The Kier molecular flexibility index (Phi) is 5.42. The summed E-state index contributed by atoms with van der Waals surface area (Å²) in [6.45, 7) is 0.202. The number of rotatable bonds is 7. The molecule has 0 aliphatic rings. The third-order valence-corrected chi connectivity index (χ3v) is 3.23. The van der Waals surface area contributed by atoms with Crippen LogP contribution in [0.2, 0.25) is 0 Å². The van der Waals surface area contributed by atoms with Crippen molar-refractivity contribution in [1.29, 1.82) is 0 Å². The number of halogens is 1. The quantitative estimate of drug-likeness (QED) is 0.716. The van der Waals surface area contributed by atoms with Gasteiger partial charge in [-0.3, -0.25) is 9.89 Å². The number of benzene rings is 1. The number of H-pyrrole nitrogens is 1. The van der Waals surface area contributed by atoms with E-state index in [1.165, 1.54) is 37.6 Å². The van der Waals surface area contributed by atoms with Gasteiger partial charge in [-0.05, 0) is 24.3 Å². The van der Waals surface area contributed by atoms with Gasteiger partial charge >= 0.3 is 5.97 Å². The van der Waals surface area contributed by atoms with Crippen molar-refractivity contribution in [3.63, 3.8) is 0 Å². The maximum absolute atomic E-state index is 13.0. The fraction of sp³-hybridized carbons (Fsp3) is 0.267. The van der Waals surface area contributed by atoms with Crippen LogP contribution in [0.4, 0.5) is 4.39 Å². The van der Waals surface area contributed by atoms with E-state index in [-0.39, 0.29) is 18.6 Å². The first kappa shape index (κ1) is 16.6. The fourth-order valence-electron chi connectivity index (χ4n) is 2.02. The van der Waals surface area contributed by atoms with Crippen molar-refractivity contribution >= 4 is 11.9 Å². The predicted molar refractivity (Wildman–Crippen MR) is 79.4 cm³/mol. The molecule has 122 valence electrons. The number of carboxylic acids is 1. The SMILES string of the molecule is COCCC(NC(=O)c1cn[nH]c1-c1ccc(F)cc1)C(=O)O. The zero-order chi connectivity index (χ0) is 16.8. The summed E-state index contributed by atoms with van der Waals surface area (Å²) in [7, 11) is 1.45. The van der Waals surface area contributed by atoms with Crippen LogP contribution in [0.5, 0.6) is 0 Å². The molecule has 3 N–H and O–H groups in total. The lowest BCUT2D eigenvalue weighted by molar-refractivity contribution is -0.139. The number of nitrogens with one attached hydrogen (secondary N) is 2. The van der Waals surface area contributed by atoms with Crippen LogP contribution in [-0.4, -0.2) is 46.9 Å². The number of aromatic nitrogens is 2. The van der Waals surface area contributed by atoms with E-state index in [0.717, 1.165) is 0 Å². The Labute approximate surface area is 131 Å². The highest BCUT2D eigenvalue weighted by atomic mass is 19.1. The van der Waals surface area contributed by atoms with Crippen molar-refractivity contribution in [2.45, 2.75) is 12.5 Å². The second kappa shape index (κ2) is 7.50. The predicted octanol–water partition coefficient (Wildman–Crippen LogP) is 1.44. The van der Waals surface area contributed by atoms with Gasteiger partial charge in [0.05, 0.1) is 17.5 Å². The summed E-state index contributed by atoms with van der Waals surface area (Å²) in [5.74, 6) is -2.13. The molecular weight excluding hydrogens is 305 g/mol. The summed E-state index contributed by atoms with van der Waals surface area (Å²) in [6, 6.07) is 4.45. The molecule has 1 aromatic heterocycles. The van der Waals surface area contributed by atoms with Crippen molar-refractivity contribution in [2.75, 3.05) is 13.7 Å². The Balaban J connectivity index is 2.18. The molecule has 0 radical (unpaired) electrons. The van der Waals surface area contributed by atoms with E-state index in [1.54, 1.807) is 0 Å². The van der Waals surface area contributed by atoms with Gasteiger partial charge in [0.2, 0.25) is 0 Å². The van der Waals surface area contributed by atoms with Crippen molar-refractivity contribution in [1.82, 2.24) is 15.5 Å². The molecule has 0 saturated carbocycles. The van der Waals surface area contributed by atoms with E-state index >= 15 is 0 Å². The molecular formula is C15H16FN3O4. The van der Waals surface area contributed by atoms with Crippen molar-refractivity contribution in [3.8, 4) is 11.3 Å². The highest BCUT2D eigenvalue weighted by Crippen LogP contribution is 2.21. The Morgan fingerprint density at radius 1 is 1.39 bits per heavy atom. The molecule has 8 heteroatoms. The Morgan fingerprint density at radius 2 is 2.09 bits per heavy atom. The van der Waals surface area contributed by atoms with Crippen LogP contribution >= 0.6 is 0 Å². The Bertz CT molecular complexity index is 684. The maximum atomic E-state index is 13.0. The number of aromatic amines is 1. The summed E-state index contributed by atoms with van der Waals surface area (Å²) in [5, 5.41) is 18.0. The maximum Gasteiger partial charge on any atom is 0.326 e. The van der Waals surface area contributed by atoms with Crippen LogP contribution in [0.3, 0.4) is 0 Å². The number of hydrogen-bond acceptors (Lipinski definition) is 4.